The highest BCUT2D eigenvalue weighted by atomic mass is 79.9. The minimum atomic E-state index is 0.0868. The van der Waals surface area contributed by atoms with Crippen molar-refractivity contribution in [3.05, 3.63) is 32.7 Å². The standard InChI is InChI=1S/C11H17BrN2O/c1-8(2)13-4-5-14-7-10(12)6-9(3)11(14)15/h6-8,13H,4-5H2,1-3H3. The number of aryl methyl sites for hydroxylation is 1. The lowest BCUT2D eigenvalue weighted by molar-refractivity contribution is 0.532. The molecular weight excluding hydrogens is 256 g/mol. The minimum Gasteiger partial charge on any atom is -0.313 e. The first-order chi connectivity index (χ1) is 7.00. The third kappa shape index (κ3) is 3.80. The molecule has 4 heteroatoms. The van der Waals surface area contributed by atoms with Gasteiger partial charge in [0.1, 0.15) is 0 Å². The summed E-state index contributed by atoms with van der Waals surface area (Å²) < 4.78 is 2.68. The lowest BCUT2D eigenvalue weighted by Gasteiger charge is -2.10. The van der Waals surface area contributed by atoms with E-state index in [-0.39, 0.29) is 5.56 Å². The van der Waals surface area contributed by atoms with Crippen LogP contribution in [0.2, 0.25) is 0 Å². The van der Waals surface area contributed by atoms with Crippen molar-refractivity contribution in [3.8, 4) is 0 Å². The van der Waals surface area contributed by atoms with Crippen molar-refractivity contribution in [2.75, 3.05) is 6.54 Å². The predicted octanol–water partition coefficient (Wildman–Crippen LogP) is 1.92. The molecule has 15 heavy (non-hydrogen) atoms. The van der Waals surface area contributed by atoms with Crippen LogP contribution in [0, 0.1) is 6.92 Å². The van der Waals surface area contributed by atoms with Crippen molar-refractivity contribution in [2.45, 2.75) is 33.4 Å². The van der Waals surface area contributed by atoms with Crippen LogP contribution in [0.1, 0.15) is 19.4 Å². The van der Waals surface area contributed by atoms with Crippen LogP contribution in [-0.4, -0.2) is 17.2 Å². The lowest BCUT2D eigenvalue weighted by Crippen LogP contribution is -2.31. The van der Waals surface area contributed by atoms with Crippen LogP contribution in [0.3, 0.4) is 0 Å². The Bertz CT molecular complexity index is 385. The molecule has 0 atom stereocenters. The largest absolute Gasteiger partial charge is 0.313 e. The van der Waals surface area contributed by atoms with Gasteiger partial charge in [0.05, 0.1) is 0 Å². The van der Waals surface area contributed by atoms with Crippen molar-refractivity contribution in [1.82, 2.24) is 9.88 Å². The number of nitrogens with one attached hydrogen (secondary N) is 1. The highest BCUT2D eigenvalue weighted by Gasteiger charge is 2.01. The van der Waals surface area contributed by atoms with Gasteiger partial charge in [0.15, 0.2) is 0 Å². The van der Waals surface area contributed by atoms with Crippen molar-refractivity contribution in [3.63, 3.8) is 0 Å². The van der Waals surface area contributed by atoms with Crippen LogP contribution in [0.4, 0.5) is 0 Å². The Morgan fingerprint density at radius 2 is 2.20 bits per heavy atom. The van der Waals surface area contributed by atoms with E-state index in [1.54, 1.807) is 4.57 Å². The molecule has 0 aliphatic carbocycles. The van der Waals surface area contributed by atoms with Crippen LogP contribution >= 0.6 is 15.9 Å². The van der Waals surface area contributed by atoms with Gasteiger partial charge in [0.25, 0.3) is 5.56 Å². The molecule has 0 unspecified atom stereocenters. The molecule has 0 aromatic carbocycles. The number of aromatic nitrogens is 1. The molecule has 0 radical (unpaired) electrons. The summed E-state index contributed by atoms with van der Waals surface area (Å²) in [6.07, 6.45) is 1.83. The van der Waals surface area contributed by atoms with Gasteiger partial charge in [0, 0.05) is 35.4 Å². The molecule has 0 amide bonds. The van der Waals surface area contributed by atoms with Crippen molar-refractivity contribution in [1.29, 1.82) is 0 Å². The fourth-order valence-corrected chi connectivity index (χ4v) is 1.97. The quantitative estimate of drug-likeness (QED) is 0.909. The second-order valence-electron chi connectivity index (χ2n) is 3.95. The van der Waals surface area contributed by atoms with Crippen LogP contribution in [0.5, 0.6) is 0 Å². The van der Waals surface area contributed by atoms with Crippen LogP contribution in [0.25, 0.3) is 0 Å². The van der Waals surface area contributed by atoms with Gasteiger partial charge in [0.2, 0.25) is 0 Å². The molecule has 84 valence electrons. The SMILES string of the molecule is Cc1cc(Br)cn(CCNC(C)C)c1=O. The van der Waals surface area contributed by atoms with Gasteiger partial charge in [-0.05, 0) is 28.9 Å². The van der Waals surface area contributed by atoms with E-state index in [9.17, 15) is 4.79 Å². The smallest absolute Gasteiger partial charge is 0.253 e. The van der Waals surface area contributed by atoms with Gasteiger partial charge in [-0.15, -0.1) is 0 Å². The molecule has 1 rings (SSSR count). The molecule has 0 fully saturated rings. The number of hydrogen-bond donors (Lipinski definition) is 1. The van der Waals surface area contributed by atoms with Gasteiger partial charge in [-0.25, -0.2) is 0 Å². The van der Waals surface area contributed by atoms with E-state index in [4.69, 9.17) is 0 Å². The maximum Gasteiger partial charge on any atom is 0.253 e. The molecule has 1 aromatic heterocycles. The van der Waals surface area contributed by atoms with Crippen LogP contribution in [-0.2, 0) is 6.54 Å². The van der Waals surface area contributed by atoms with E-state index in [0.29, 0.717) is 12.6 Å². The second kappa shape index (κ2) is 5.47. The van der Waals surface area contributed by atoms with Gasteiger partial charge < -0.3 is 9.88 Å². The Morgan fingerprint density at radius 1 is 1.53 bits per heavy atom. The molecule has 3 nitrogen and oxygen atoms in total. The summed E-state index contributed by atoms with van der Waals surface area (Å²) in [6, 6.07) is 2.29. The lowest BCUT2D eigenvalue weighted by atomic mass is 10.3. The third-order valence-electron chi connectivity index (χ3n) is 2.14. The molecular formula is C11H17BrN2O. The predicted molar refractivity (Wildman–Crippen MR) is 66.3 cm³/mol. The maximum atomic E-state index is 11.7. The zero-order valence-corrected chi connectivity index (χ0v) is 11.0. The van der Waals surface area contributed by atoms with Crippen LogP contribution < -0.4 is 10.9 Å². The summed E-state index contributed by atoms with van der Waals surface area (Å²) in [5, 5.41) is 3.29. The summed E-state index contributed by atoms with van der Waals surface area (Å²) in [5.41, 5.74) is 0.859. The Hall–Kier alpha value is -0.610. The maximum absolute atomic E-state index is 11.7. The molecule has 1 aromatic rings. The monoisotopic (exact) mass is 272 g/mol. The number of nitrogens with zero attached hydrogens (tertiary/aromatic N) is 1. The summed E-state index contributed by atoms with van der Waals surface area (Å²) in [5.74, 6) is 0. The van der Waals surface area contributed by atoms with E-state index >= 15 is 0 Å². The van der Waals surface area contributed by atoms with Gasteiger partial charge >= 0.3 is 0 Å². The first-order valence-electron chi connectivity index (χ1n) is 5.10. The normalized spacial score (nSPS) is 11.0. The second-order valence-corrected chi connectivity index (χ2v) is 4.86. The fraction of sp³-hybridized carbons (Fsp3) is 0.545. The average Bonchev–Trinajstić information content (AvgIpc) is 2.12. The van der Waals surface area contributed by atoms with E-state index in [0.717, 1.165) is 16.6 Å². The number of hydrogen-bond acceptors (Lipinski definition) is 2. The number of rotatable bonds is 4. The van der Waals surface area contributed by atoms with Gasteiger partial charge in [-0.3, -0.25) is 4.79 Å². The third-order valence-corrected chi connectivity index (χ3v) is 2.57. The summed E-state index contributed by atoms with van der Waals surface area (Å²) >= 11 is 3.39. The summed E-state index contributed by atoms with van der Waals surface area (Å²) in [4.78, 5) is 11.7. The Morgan fingerprint density at radius 3 is 2.80 bits per heavy atom. The van der Waals surface area contributed by atoms with Crippen molar-refractivity contribution < 1.29 is 0 Å². The molecule has 0 aliphatic heterocycles. The average molecular weight is 273 g/mol. The van der Waals surface area contributed by atoms with Gasteiger partial charge in [-0.1, -0.05) is 13.8 Å². The Labute approximate surface area is 98.6 Å². The first-order valence-corrected chi connectivity index (χ1v) is 5.90. The zero-order valence-electron chi connectivity index (χ0n) is 9.38. The topological polar surface area (TPSA) is 34.0 Å². The fourth-order valence-electron chi connectivity index (χ4n) is 1.38. The molecule has 1 N–H and O–H groups in total. The van der Waals surface area contributed by atoms with E-state index in [2.05, 4.69) is 35.1 Å². The first kappa shape index (κ1) is 12.5. The van der Waals surface area contributed by atoms with E-state index < -0.39 is 0 Å². The highest BCUT2D eigenvalue weighted by Crippen LogP contribution is 2.07. The van der Waals surface area contributed by atoms with Crippen LogP contribution in [0.15, 0.2) is 21.5 Å². The van der Waals surface area contributed by atoms with Crippen molar-refractivity contribution >= 4 is 15.9 Å². The van der Waals surface area contributed by atoms with E-state index in [1.165, 1.54) is 0 Å². The summed E-state index contributed by atoms with van der Waals surface area (Å²) in [6.45, 7) is 7.54. The number of pyridine rings is 1. The highest BCUT2D eigenvalue weighted by molar-refractivity contribution is 9.10. The molecule has 0 aliphatic rings. The molecule has 1 heterocycles. The molecule has 0 spiro atoms. The van der Waals surface area contributed by atoms with Crippen molar-refractivity contribution in [2.24, 2.45) is 0 Å². The minimum absolute atomic E-state index is 0.0868. The van der Waals surface area contributed by atoms with Gasteiger partial charge in [-0.2, -0.15) is 0 Å². The Balaban J connectivity index is 2.73. The number of halogens is 1. The summed E-state index contributed by atoms with van der Waals surface area (Å²) in [7, 11) is 0. The van der Waals surface area contributed by atoms with E-state index in [1.807, 2.05) is 19.2 Å². The molecule has 0 saturated heterocycles. The zero-order chi connectivity index (χ0) is 11.4. The molecule has 0 bridgehead atoms. The Kier molecular flexibility index (Phi) is 4.54. The molecule has 0 saturated carbocycles.